The predicted octanol–water partition coefficient (Wildman–Crippen LogP) is 1.47. The van der Waals surface area contributed by atoms with Crippen molar-refractivity contribution in [2.24, 2.45) is 0 Å². The lowest BCUT2D eigenvalue weighted by atomic mass is 10.3. The normalized spacial score (nSPS) is 13.5. The van der Waals surface area contributed by atoms with Crippen LogP contribution in [0.5, 0.6) is 0 Å². The van der Waals surface area contributed by atoms with Gasteiger partial charge < -0.3 is 9.52 Å². The van der Waals surface area contributed by atoms with Gasteiger partial charge in [0.05, 0.1) is 18.9 Å². The second-order valence-corrected chi connectivity index (χ2v) is 3.73. The minimum Gasteiger partial charge on any atom is -0.468 e. The topological polar surface area (TPSA) is 36.6 Å². The molecule has 13 heavy (non-hydrogen) atoms. The van der Waals surface area contributed by atoms with Crippen molar-refractivity contribution in [3.05, 3.63) is 24.2 Å². The fourth-order valence-corrected chi connectivity index (χ4v) is 1.35. The molecule has 0 radical (unpaired) electrons. The molecule has 1 N–H and O–H groups in total. The summed E-state index contributed by atoms with van der Waals surface area (Å²) in [6, 6.07) is 3.79. The van der Waals surface area contributed by atoms with E-state index in [1.807, 2.05) is 24.1 Å². The molecule has 0 aliphatic rings. The summed E-state index contributed by atoms with van der Waals surface area (Å²) in [6.07, 6.45) is 1.34. The highest BCUT2D eigenvalue weighted by Gasteiger charge is 2.07. The van der Waals surface area contributed by atoms with Gasteiger partial charge in [0.25, 0.3) is 0 Å². The van der Waals surface area contributed by atoms with E-state index in [0.717, 1.165) is 12.3 Å². The van der Waals surface area contributed by atoms with Gasteiger partial charge in [0.15, 0.2) is 0 Å². The molecular weight excluding hydrogens is 234 g/mol. The van der Waals surface area contributed by atoms with E-state index in [1.54, 1.807) is 6.26 Å². The van der Waals surface area contributed by atoms with Crippen molar-refractivity contribution < 1.29 is 9.52 Å². The maximum absolute atomic E-state index is 9.34. The van der Waals surface area contributed by atoms with Crippen LogP contribution in [0.1, 0.15) is 5.76 Å². The highest BCUT2D eigenvalue weighted by atomic mass is 79.9. The molecule has 0 aliphatic heterocycles. The van der Waals surface area contributed by atoms with Crippen LogP contribution >= 0.6 is 15.9 Å². The fraction of sp³-hybridized carbons (Fsp3) is 0.556. The molecule has 4 heteroatoms. The standard InChI is InChI=1S/C9H14BrNO2/c1-11(6-8(12)5-10)7-9-3-2-4-13-9/h2-4,8,12H,5-7H2,1H3. The van der Waals surface area contributed by atoms with Gasteiger partial charge in [-0.25, -0.2) is 0 Å². The summed E-state index contributed by atoms with van der Waals surface area (Å²) in [5.74, 6) is 0.921. The molecule has 0 saturated carbocycles. The van der Waals surface area contributed by atoms with Crippen LogP contribution in [-0.2, 0) is 6.54 Å². The lowest BCUT2D eigenvalue weighted by Crippen LogP contribution is -2.29. The molecule has 0 aromatic carbocycles. The first-order chi connectivity index (χ1) is 6.22. The number of furan rings is 1. The van der Waals surface area contributed by atoms with Crippen molar-refractivity contribution in [3.63, 3.8) is 0 Å². The number of likely N-dealkylation sites (N-methyl/N-ethyl adjacent to an activating group) is 1. The van der Waals surface area contributed by atoms with Gasteiger partial charge in [-0.2, -0.15) is 0 Å². The first-order valence-corrected chi connectivity index (χ1v) is 5.29. The Morgan fingerprint density at radius 3 is 3.00 bits per heavy atom. The highest BCUT2D eigenvalue weighted by Crippen LogP contribution is 2.04. The van der Waals surface area contributed by atoms with Gasteiger partial charge in [0.2, 0.25) is 0 Å². The van der Waals surface area contributed by atoms with Crippen molar-refractivity contribution in [3.8, 4) is 0 Å². The molecule has 0 bridgehead atoms. The Labute approximate surface area is 86.5 Å². The van der Waals surface area contributed by atoms with Crippen LogP contribution in [0.15, 0.2) is 22.8 Å². The summed E-state index contributed by atoms with van der Waals surface area (Å²) >= 11 is 3.22. The summed E-state index contributed by atoms with van der Waals surface area (Å²) in [6.45, 7) is 1.38. The third-order valence-corrected chi connectivity index (χ3v) is 2.45. The van der Waals surface area contributed by atoms with E-state index in [4.69, 9.17) is 4.42 Å². The van der Waals surface area contributed by atoms with Crippen molar-refractivity contribution >= 4 is 15.9 Å². The van der Waals surface area contributed by atoms with Crippen LogP contribution in [-0.4, -0.2) is 35.0 Å². The zero-order valence-electron chi connectivity index (χ0n) is 7.61. The Morgan fingerprint density at radius 2 is 2.46 bits per heavy atom. The van der Waals surface area contributed by atoms with Gasteiger partial charge in [0, 0.05) is 11.9 Å². The largest absolute Gasteiger partial charge is 0.468 e. The monoisotopic (exact) mass is 247 g/mol. The van der Waals surface area contributed by atoms with E-state index in [9.17, 15) is 5.11 Å². The van der Waals surface area contributed by atoms with Gasteiger partial charge in [0.1, 0.15) is 5.76 Å². The molecule has 1 aromatic heterocycles. The van der Waals surface area contributed by atoms with Crippen molar-refractivity contribution in [1.82, 2.24) is 4.90 Å². The van der Waals surface area contributed by atoms with E-state index in [2.05, 4.69) is 15.9 Å². The SMILES string of the molecule is CN(Cc1ccco1)CC(O)CBr. The van der Waals surface area contributed by atoms with Crippen LogP contribution in [0.4, 0.5) is 0 Å². The van der Waals surface area contributed by atoms with E-state index in [1.165, 1.54) is 0 Å². The third kappa shape index (κ3) is 3.93. The second kappa shape index (κ2) is 5.42. The molecule has 1 atom stereocenters. The van der Waals surface area contributed by atoms with Crippen molar-refractivity contribution in [2.75, 3.05) is 18.9 Å². The van der Waals surface area contributed by atoms with Crippen LogP contribution < -0.4 is 0 Å². The number of nitrogens with zero attached hydrogens (tertiary/aromatic N) is 1. The number of hydrogen-bond acceptors (Lipinski definition) is 3. The molecule has 1 rings (SSSR count). The summed E-state index contributed by atoms with van der Waals surface area (Å²) < 4.78 is 5.18. The van der Waals surface area contributed by atoms with Gasteiger partial charge >= 0.3 is 0 Å². The van der Waals surface area contributed by atoms with Crippen LogP contribution in [0.25, 0.3) is 0 Å². The van der Waals surface area contributed by atoms with E-state index in [-0.39, 0.29) is 6.10 Å². The molecular formula is C9H14BrNO2. The first-order valence-electron chi connectivity index (χ1n) is 4.17. The minimum atomic E-state index is -0.319. The Hall–Kier alpha value is -0.320. The predicted molar refractivity (Wildman–Crippen MR) is 54.8 cm³/mol. The van der Waals surface area contributed by atoms with Gasteiger partial charge in [-0.1, -0.05) is 15.9 Å². The van der Waals surface area contributed by atoms with E-state index < -0.39 is 0 Å². The molecule has 0 spiro atoms. The molecule has 0 saturated heterocycles. The fourth-order valence-electron chi connectivity index (χ4n) is 1.14. The van der Waals surface area contributed by atoms with Crippen LogP contribution in [0.3, 0.4) is 0 Å². The second-order valence-electron chi connectivity index (χ2n) is 3.08. The van der Waals surface area contributed by atoms with Crippen LogP contribution in [0, 0.1) is 0 Å². The Kier molecular flexibility index (Phi) is 4.48. The lowest BCUT2D eigenvalue weighted by Gasteiger charge is -2.17. The smallest absolute Gasteiger partial charge is 0.117 e. The Bertz CT molecular complexity index is 226. The summed E-state index contributed by atoms with van der Waals surface area (Å²) in [4.78, 5) is 2.02. The maximum atomic E-state index is 9.34. The number of aliphatic hydroxyl groups is 1. The van der Waals surface area contributed by atoms with Gasteiger partial charge in [-0.3, -0.25) is 4.90 Å². The van der Waals surface area contributed by atoms with Gasteiger partial charge in [-0.15, -0.1) is 0 Å². The average molecular weight is 248 g/mol. The number of aliphatic hydroxyl groups excluding tert-OH is 1. The van der Waals surface area contributed by atoms with Gasteiger partial charge in [-0.05, 0) is 19.2 Å². The first kappa shape index (κ1) is 10.8. The summed E-state index contributed by atoms with van der Waals surface area (Å²) in [5, 5.41) is 9.94. The zero-order chi connectivity index (χ0) is 9.68. The molecule has 0 fully saturated rings. The molecule has 1 aromatic rings. The zero-order valence-corrected chi connectivity index (χ0v) is 9.20. The molecule has 1 unspecified atom stereocenters. The van der Waals surface area contributed by atoms with Crippen LogP contribution in [0.2, 0.25) is 0 Å². The van der Waals surface area contributed by atoms with E-state index in [0.29, 0.717) is 11.9 Å². The molecule has 74 valence electrons. The Morgan fingerprint density at radius 1 is 1.69 bits per heavy atom. The quantitative estimate of drug-likeness (QED) is 0.801. The highest BCUT2D eigenvalue weighted by molar-refractivity contribution is 9.09. The average Bonchev–Trinajstić information content (AvgIpc) is 2.56. The maximum Gasteiger partial charge on any atom is 0.117 e. The molecule has 0 amide bonds. The third-order valence-electron chi connectivity index (χ3n) is 1.71. The van der Waals surface area contributed by atoms with Crippen molar-refractivity contribution in [1.29, 1.82) is 0 Å². The number of alkyl halides is 1. The summed E-state index contributed by atoms with van der Waals surface area (Å²) in [5.41, 5.74) is 0. The molecule has 3 nitrogen and oxygen atoms in total. The minimum absolute atomic E-state index is 0.319. The number of hydrogen-bond donors (Lipinski definition) is 1. The Balaban J connectivity index is 2.29. The molecule has 0 aliphatic carbocycles. The molecule has 1 heterocycles. The number of halogens is 1. The van der Waals surface area contributed by atoms with E-state index >= 15 is 0 Å². The van der Waals surface area contributed by atoms with Crippen molar-refractivity contribution in [2.45, 2.75) is 12.6 Å². The lowest BCUT2D eigenvalue weighted by molar-refractivity contribution is 0.139. The number of rotatable bonds is 5. The summed E-state index contributed by atoms with van der Waals surface area (Å²) in [7, 11) is 1.95.